The smallest absolute Gasteiger partial charge is 0.335 e. The second-order valence-corrected chi connectivity index (χ2v) is 3.70. The fourth-order valence-electron chi connectivity index (χ4n) is 1.53. The van der Waals surface area contributed by atoms with Crippen LogP contribution in [0.4, 0.5) is 11.4 Å². The zero-order chi connectivity index (χ0) is 12.3. The zero-order valence-electron chi connectivity index (χ0n) is 9.34. The lowest BCUT2D eigenvalue weighted by Crippen LogP contribution is -1.99. The third-order valence-electron chi connectivity index (χ3n) is 2.41. The predicted octanol–water partition coefficient (Wildman–Crippen LogP) is 2.83. The summed E-state index contributed by atoms with van der Waals surface area (Å²) >= 11 is 0. The molecule has 1 heterocycles. The lowest BCUT2D eigenvalue weighted by molar-refractivity contribution is 0.0697. The van der Waals surface area contributed by atoms with Gasteiger partial charge in [-0.1, -0.05) is 0 Å². The molecule has 2 aromatic rings. The molecular weight excluding hydrogens is 216 g/mol. The van der Waals surface area contributed by atoms with E-state index in [-0.39, 0.29) is 0 Å². The maximum Gasteiger partial charge on any atom is 0.335 e. The van der Waals surface area contributed by atoms with Crippen LogP contribution in [-0.4, -0.2) is 16.1 Å². The number of pyridine rings is 1. The van der Waals surface area contributed by atoms with E-state index in [1.807, 2.05) is 19.1 Å². The van der Waals surface area contributed by atoms with Crippen LogP contribution in [0.2, 0.25) is 0 Å². The lowest BCUT2D eigenvalue weighted by atomic mass is 10.1. The Balaban J connectivity index is 2.26. The first kappa shape index (κ1) is 11.1. The third kappa shape index (κ3) is 2.60. The minimum absolute atomic E-state index is 0.291. The highest BCUT2D eigenvalue weighted by molar-refractivity contribution is 5.88. The van der Waals surface area contributed by atoms with Crippen molar-refractivity contribution in [2.75, 3.05) is 5.32 Å². The molecule has 0 bridgehead atoms. The molecule has 4 nitrogen and oxygen atoms in total. The fraction of sp³-hybridized carbons (Fsp3) is 0.0769. The fourth-order valence-corrected chi connectivity index (χ4v) is 1.53. The van der Waals surface area contributed by atoms with Gasteiger partial charge in [0.15, 0.2) is 0 Å². The Hall–Kier alpha value is -2.36. The molecule has 4 heteroatoms. The molecule has 0 spiro atoms. The monoisotopic (exact) mass is 228 g/mol. The van der Waals surface area contributed by atoms with Crippen molar-refractivity contribution in [2.24, 2.45) is 0 Å². The number of carboxylic acid groups (broad SMARTS) is 1. The molecular formula is C13H12N2O2. The Morgan fingerprint density at radius 3 is 2.76 bits per heavy atom. The summed E-state index contributed by atoms with van der Waals surface area (Å²) in [6.45, 7) is 1.87. The van der Waals surface area contributed by atoms with E-state index < -0.39 is 5.97 Å². The summed E-state index contributed by atoms with van der Waals surface area (Å²) in [5.41, 5.74) is 2.93. The second-order valence-electron chi connectivity index (χ2n) is 3.70. The number of carboxylic acids is 1. The molecule has 2 N–H and O–H groups in total. The summed E-state index contributed by atoms with van der Waals surface area (Å²) in [5, 5.41) is 12.0. The molecule has 1 aromatic carbocycles. The summed E-state index contributed by atoms with van der Waals surface area (Å²) in [4.78, 5) is 14.8. The van der Waals surface area contributed by atoms with E-state index in [2.05, 4.69) is 10.3 Å². The highest BCUT2D eigenvalue weighted by Gasteiger charge is 2.05. The number of hydrogen-bond donors (Lipinski definition) is 2. The van der Waals surface area contributed by atoms with Crippen molar-refractivity contribution in [3.8, 4) is 0 Å². The molecule has 0 saturated carbocycles. The molecule has 0 saturated heterocycles. The van der Waals surface area contributed by atoms with Crippen LogP contribution >= 0.6 is 0 Å². The normalized spacial score (nSPS) is 9.94. The molecule has 0 aliphatic carbocycles. The van der Waals surface area contributed by atoms with Gasteiger partial charge in [-0.3, -0.25) is 4.98 Å². The van der Waals surface area contributed by atoms with Gasteiger partial charge in [0.05, 0.1) is 17.4 Å². The largest absolute Gasteiger partial charge is 0.478 e. The molecule has 2 rings (SSSR count). The number of nitrogens with one attached hydrogen (secondary N) is 1. The van der Waals surface area contributed by atoms with Crippen molar-refractivity contribution in [1.82, 2.24) is 4.98 Å². The molecule has 0 aliphatic heterocycles. The first-order chi connectivity index (χ1) is 8.16. The van der Waals surface area contributed by atoms with Gasteiger partial charge >= 0.3 is 5.97 Å². The Labute approximate surface area is 98.9 Å². The minimum atomic E-state index is -0.916. The number of benzene rings is 1. The summed E-state index contributed by atoms with van der Waals surface area (Å²) in [5.74, 6) is -0.916. The number of carbonyl (C=O) groups is 1. The number of anilines is 2. The Morgan fingerprint density at radius 2 is 2.18 bits per heavy atom. The van der Waals surface area contributed by atoms with Crippen LogP contribution < -0.4 is 5.32 Å². The van der Waals surface area contributed by atoms with Gasteiger partial charge < -0.3 is 10.4 Å². The first-order valence-electron chi connectivity index (χ1n) is 5.18. The topological polar surface area (TPSA) is 62.2 Å². The molecule has 17 heavy (non-hydrogen) atoms. The van der Waals surface area contributed by atoms with E-state index in [0.717, 1.165) is 16.9 Å². The van der Waals surface area contributed by atoms with E-state index in [4.69, 9.17) is 5.11 Å². The van der Waals surface area contributed by atoms with Crippen LogP contribution in [0.3, 0.4) is 0 Å². The van der Waals surface area contributed by atoms with Crippen molar-refractivity contribution in [2.45, 2.75) is 6.92 Å². The quantitative estimate of drug-likeness (QED) is 0.847. The number of nitrogens with zero attached hydrogens (tertiary/aromatic N) is 1. The number of aromatic nitrogens is 1. The molecule has 0 radical (unpaired) electrons. The Bertz CT molecular complexity index is 538. The minimum Gasteiger partial charge on any atom is -0.478 e. The van der Waals surface area contributed by atoms with Crippen molar-refractivity contribution in [3.05, 3.63) is 53.9 Å². The number of hydrogen-bond acceptors (Lipinski definition) is 3. The van der Waals surface area contributed by atoms with E-state index in [0.29, 0.717) is 5.56 Å². The van der Waals surface area contributed by atoms with Crippen LogP contribution in [0.25, 0.3) is 0 Å². The third-order valence-corrected chi connectivity index (χ3v) is 2.41. The average molecular weight is 228 g/mol. The van der Waals surface area contributed by atoms with Crippen molar-refractivity contribution in [3.63, 3.8) is 0 Å². The van der Waals surface area contributed by atoms with Gasteiger partial charge in [0.25, 0.3) is 0 Å². The average Bonchev–Trinajstić information content (AvgIpc) is 2.33. The highest BCUT2D eigenvalue weighted by Crippen LogP contribution is 2.20. The molecule has 1 aromatic heterocycles. The standard InChI is InChI=1S/C13H12N2O2/c1-9-7-10(13(16)17)4-5-12(9)15-11-3-2-6-14-8-11/h2-8,15H,1H3,(H,16,17). The molecule has 0 fully saturated rings. The summed E-state index contributed by atoms with van der Waals surface area (Å²) in [6.07, 6.45) is 3.41. The van der Waals surface area contributed by atoms with Gasteiger partial charge in [-0.05, 0) is 42.8 Å². The number of aryl methyl sites for hydroxylation is 1. The Kier molecular flexibility index (Phi) is 3.05. The lowest BCUT2D eigenvalue weighted by Gasteiger charge is -2.09. The van der Waals surface area contributed by atoms with Gasteiger partial charge in [0, 0.05) is 11.9 Å². The van der Waals surface area contributed by atoms with Crippen LogP contribution in [0.1, 0.15) is 15.9 Å². The molecule has 0 unspecified atom stereocenters. The summed E-state index contributed by atoms with van der Waals surface area (Å²) in [7, 11) is 0. The van der Waals surface area contributed by atoms with E-state index in [1.54, 1.807) is 30.6 Å². The van der Waals surface area contributed by atoms with Crippen molar-refractivity contribution >= 4 is 17.3 Å². The van der Waals surface area contributed by atoms with Crippen LogP contribution in [0.5, 0.6) is 0 Å². The van der Waals surface area contributed by atoms with Crippen LogP contribution in [-0.2, 0) is 0 Å². The molecule has 0 aliphatic rings. The van der Waals surface area contributed by atoms with Crippen molar-refractivity contribution in [1.29, 1.82) is 0 Å². The molecule has 0 amide bonds. The summed E-state index contributed by atoms with van der Waals surface area (Å²) in [6, 6.07) is 8.71. The molecule has 0 atom stereocenters. The number of rotatable bonds is 3. The molecule has 86 valence electrons. The van der Waals surface area contributed by atoms with Crippen LogP contribution in [0, 0.1) is 6.92 Å². The maximum atomic E-state index is 10.8. The van der Waals surface area contributed by atoms with E-state index in [1.165, 1.54) is 0 Å². The zero-order valence-corrected chi connectivity index (χ0v) is 9.34. The van der Waals surface area contributed by atoms with E-state index in [9.17, 15) is 4.79 Å². The first-order valence-corrected chi connectivity index (χ1v) is 5.18. The SMILES string of the molecule is Cc1cc(C(=O)O)ccc1Nc1cccnc1. The number of aromatic carboxylic acids is 1. The summed E-state index contributed by atoms with van der Waals surface area (Å²) < 4.78 is 0. The Morgan fingerprint density at radius 1 is 1.35 bits per heavy atom. The predicted molar refractivity (Wildman–Crippen MR) is 65.7 cm³/mol. The highest BCUT2D eigenvalue weighted by atomic mass is 16.4. The maximum absolute atomic E-state index is 10.8. The van der Waals surface area contributed by atoms with Crippen molar-refractivity contribution < 1.29 is 9.90 Å². The van der Waals surface area contributed by atoms with E-state index >= 15 is 0 Å². The van der Waals surface area contributed by atoms with Gasteiger partial charge in [0.2, 0.25) is 0 Å². The van der Waals surface area contributed by atoms with Gasteiger partial charge in [-0.25, -0.2) is 4.79 Å². The van der Waals surface area contributed by atoms with Gasteiger partial charge in [-0.15, -0.1) is 0 Å². The van der Waals surface area contributed by atoms with Gasteiger partial charge in [-0.2, -0.15) is 0 Å². The van der Waals surface area contributed by atoms with Gasteiger partial charge in [0.1, 0.15) is 0 Å². The second kappa shape index (κ2) is 4.65. The van der Waals surface area contributed by atoms with Crippen LogP contribution in [0.15, 0.2) is 42.7 Å².